The van der Waals surface area contributed by atoms with Crippen LogP contribution in [-0.4, -0.2) is 6.84 Å². The number of rotatable bonds is 1. The molecule has 0 nitrogen and oxygen atoms in total. The summed E-state index contributed by atoms with van der Waals surface area (Å²) in [7, 11) is 0. The quantitative estimate of drug-likeness (QED) is 0.393. The van der Waals surface area contributed by atoms with E-state index in [0.29, 0.717) is 0 Å². The number of alkyl halides is 2. The van der Waals surface area contributed by atoms with Crippen LogP contribution in [0.5, 0.6) is 0 Å². The summed E-state index contributed by atoms with van der Waals surface area (Å²) < 4.78 is 1.75. The van der Waals surface area contributed by atoms with Crippen molar-refractivity contribution in [3.8, 4) is 0 Å². The zero-order chi connectivity index (χ0) is 12.3. The Balaban J connectivity index is 1.37. The van der Waals surface area contributed by atoms with Crippen LogP contribution in [0.1, 0.15) is 12.8 Å². The highest BCUT2D eigenvalue weighted by Crippen LogP contribution is 3.17. The van der Waals surface area contributed by atoms with E-state index in [2.05, 4.69) is 45.2 Å². The van der Waals surface area contributed by atoms with Gasteiger partial charge in [0, 0.05) is 6.84 Å². The first-order valence-corrected chi connectivity index (χ1v) is 11.2. The molecule has 12 saturated carbocycles. The molecule has 0 aromatic rings. The van der Waals surface area contributed by atoms with Crippen molar-refractivity contribution in [3.05, 3.63) is 0 Å². The summed E-state index contributed by atoms with van der Waals surface area (Å²) in [5.41, 5.74) is 1.91. The van der Waals surface area contributed by atoms with Crippen molar-refractivity contribution in [1.29, 1.82) is 0 Å². The molecule has 12 fully saturated rings. The third-order valence-corrected chi connectivity index (χ3v) is 16.5. The van der Waals surface area contributed by atoms with Crippen LogP contribution in [0.4, 0.5) is 0 Å². The van der Waals surface area contributed by atoms with Crippen LogP contribution < -0.4 is 0 Å². The van der Waals surface area contributed by atoms with Gasteiger partial charge in [-0.15, -0.1) is 0 Å². The molecule has 4 bridgehead atoms. The van der Waals surface area contributed by atoms with Crippen LogP contribution in [0.2, 0.25) is 0 Å². The van der Waals surface area contributed by atoms with Gasteiger partial charge in [-0.25, -0.2) is 0 Å². The van der Waals surface area contributed by atoms with E-state index in [1.54, 1.807) is 12.8 Å². The molecule has 102 valence electrons. The highest BCUT2D eigenvalue weighted by molar-refractivity contribution is 14.1. The van der Waals surface area contributed by atoms with Gasteiger partial charge in [-0.05, 0) is 94.7 Å². The van der Waals surface area contributed by atoms with Gasteiger partial charge in [-0.2, -0.15) is 0 Å². The molecular formula is C18H16I2. The Morgan fingerprint density at radius 2 is 0.800 bits per heavy atom. The third-order valence-electron chi connectivity index (χ3n) is 11.9. The molecule has 0 amide bonds. The van der Waals surface area contributed by atoms with Crippen molar-refractivity contribution in [2.24, 2.45) is 81.8 Å². The molecule has 0 heterocycles. The van der Waals surface area contributed by atoms with Crippen LogP contribution in [0, 0.1) is 81.8 Å². The molecule has 0 spiro atoms. The van der Waals surface area contributed by atoms with Crippen LogP contribution in [-0.2, 0) is 0 Å². The van der Waals surface area contributed by atoms with E-state index in [1.807, 2.05) is 0 Å². The highest BCUT2D eigenvalue weighted by Gasteiger charge is 3.16. The van der Waals surface area contributed by atoms with Crippen molar-refractivity contribution in [1.82, 2.24) is 0 Å². The summed E-state index contributed by atoms with van der Waals surface area (Å²) in [4.78, 5) is 0. The van der Waals surface area contributed by atoms with Gasteiger partial charge in [0.05, 0.1) is 0 Å². The molecule has 20 heavy (non-hydrogen) atoms. The smallest absolute Gasteiger partial charge is 0.0358 e. The van der Waals surface area contributed by atoms with Gasteiger partial charge in [0.2, 0.25) is 0 Å². The Kier molecular flexibility index (Phi) is 0.931. The molecule has 0 radical (unpaired) electrons. The van der Waals surface area contributed by atoms with E-state index in [4.69, 9.17) is 0 Å². The average molecular weight is 486 g/mol. The molecule has 0 aromatic heterocycles. The van der Waals surface area contributed by atoms with E-state index in [-0.39, 0.29) is 0 Å². The maximum absolute atomic E-state index is 3.08. The Morgan fingerprint density at radius 1 is 0.500 bits per heavy atom. The van der Waals surface area contributed by atoms with Crippen molar-refractivity contribution >= 4 is 45.2 Å². The Morgan fingerprint density at radius 3 is 1.00 bits per heavy atom. The van der Waals surface area contributed by atoms with E-state index in [0.717, 1.165) is 17.7 Å². The predicted molar refractivity (Wildman–Crippen MR) is 89.5 cm³/mol. The molecule has 2 heteroatoms. The van der Waals surface area contributed by atoms with Crippen molar-refractivity contribution in [2.45, 2.75) is 19.7 Å². The maximum Gasteiger partial charge on any atom is 0.0358 e. The number of hydrogen-bond acceptors (Lipinski definition) is 0. The van der Waals surface area contributed by atoms with Gasteiger partial charge >= 0.3 is 0 Å². The van der Waals surface area contributed by atoms with E-state index in [9.17, 15) is 0 Å². The van der Waals surface area contributed by atoms with Crippen LogP contribution in [0.25, 0.3) is 0 Å². The topological polar surface area (TPSA) is 0 Å². The molecule has 12 rings (SSSR count). The van der Waals surface area contributed by atoms with E-state index < -0.39 is 0 Å². The summed E-state index contributed by atoms with van der Waals surface area (Å²) in [6, 6.07) is 0. The molecule has 0 N–H and O–H groups in total. The van der Waals surface area contributed by atoms with Crippen molar-refractivity contribution in [3.63, 3.8) is 0 Å². The Bertz CT molecular complexity index is 626. The highest BCUT2D eigenvalue weighted by atomic mass is 127. The fraction of sp³-hybridized carbons (Fsp3) is 1.00. The molecule has 16 atom stereocenters. The second-order valence-corrected chi connectivity index (χ2v) is 14.2. The summed E-state index contributed by atoms with van der Waals surface area (Å²) in [5.74, 6) is 15.0. The largest absolute Gasteiger partial charge is 0.0776 e. The van der Waals surface area contributed by atoms with Gasteiger partial charge in [-0.3, -0.25) is 0 Å². The van der Waals surface area contributed by atoms with Crippen molar-refractivity contribution in [2.75, 3.05) is 0 Å². The summed E-state index contributed by atoms with van der Waals surface area (Å²) in [5, 5.41) is 0. The minimum Gasteiger partial charge on any atom is -0.0776 e. The first-order valence-electron chi connectivity index (χ1n) is 9.07. The standard InChI is InChI=1S/C18H16I2/c19-17-11-3-1-4(12(11)17)8-7(3)15(8,17)16-9-5-2-6(10(9)16)14-13(5)18(14,16)20/h3-14H,1-2H2/t3-,4+,5-,6+,7-,8-,9-,10-,11+,12+,13+,14+,15?,16?,17?,18?/m0/s1. The number of hydrogen-bond donors (Lipinski definition) is 0. The maximum atomic E-state index is 3.08. The molecule has 0 aliphatic heterocycles. The Hall–Kier alpha value is 1.46. The lowest BCUT2D eigenvalue weighted by Crippen LogP contribution is -2.38. The lowest BCUT2D eigenvalue weighted by atomic mass is 9.75. The second kappa shape index (κ2) is 1.92. The van der Waals surface area contributed by atoms with E-state index in [1.165, 1.54) is 71.0 Å². The second-order valence-electron chi connectivity index (χ2n) is 10.6. The van der Waals surface area contributed by atoms with Gasteiger partial charge in [0.15, 0.2) is 0 Å². The first-order chi connectivity index (χ1) is 9.69. The molecule has 12 aliphatic carbocycles. The predicted octanol–water partition coefficient (Wildman–Crippen LogP) is 3.62. The first kappa shape index (κ1) is 9.68. The Labute approximate surface area is 145 Å². The zero-order valence-electron chi connectivity index (χ0n) is 11.1. The average Bonchev–Trinajstić information content (AvgIpc) is 3.32. The van der Waals surface area contributed by atoms with Gasteiger partial charge in [0.25, 0.3) is 0 Å². The fourth-order valence-electron chi connectivity index (χ4n) is 13.0. The van der Waals surface area contributed by atoms with Crippen molar-refractivity contribution < 1.29 is 0 Å². The lowest BCUT2D eigenvalue weighted by Gasteiger charge is -2.36. The van der Waals surface area contributed by atoms with Crippen LogP contribution in [0.3, 0.4) is 0 Å². The third kappa shape index (κ3) is 0.428. The minimum atomic E-state index is 0.873. The summed E-state index contributed by atoms with van der Waals surface area (Å²) in [6.07, 6.45) is 3.38. The molecule has 0 saturated heterocycles. The van der Waals surface area contributed by atoms with Gasteiger partial charge in [0.1, 0.15) is 0 Å². The lowest BCUT2D eigenvalue weighted by molar-refractivity contribution is 0.207. The number of halogens is 2. The molecular weight excluding hydrogens is 470 g/mol. The zero-order valence-corrected chi connectivity index (χ0v) is 15.4. The van der Waals surface area contributed by atoms with E-state index >= 15 is 0 Å². The van der Waals surface area contributed by atoms with Crippen LogP contribution in [0.15, 0.2) is 0 Å². The SMILES string of the molecule is IC12[C@@H]3[C@H]4C[C@@H]([C@H]31)[C@H]1[C@H]4C12C12[C@H]3[C@@H]4C[C@@H]([C@@H]5[C@@H]4C51I)[C@@H]32. The molecule has 4 unspecified atom stereocenters. The molecule has 0 aromatic carbocycles. The summed E-state index contributed by atoms with van der Waals surface area (Å²) >= 11 is 6.17. The minimum absolute atomic E-state index is 0.873. The van der Waals surface area contributed by atoms with Crippen LogP contribution >= 0.6 is 45.2 Å². The fourth-order valence-corrected chi connectivity index (χ4v) is 18.4. The van der Waals surface area contributed by atoms with Gasteiger partial charge < -0.3 is 0 Å². The van der Waals surface area contributed by atoms with Gasteiger partial charge in [-0.1, -0.05) is 45.2 Å². The molecule has 12 aliphatic rings. The normalized spacial score (nSPS) is 106. The summed E-state index contributed by atoms with van der Waals surface area (Å²) in [6.45, 7) is 0. The monoisotopic (exact) mass is 486 g/mol.